The lowest BCUT2D eigenvalue weighted by Crippen LogP contribution is -2.47. The Labute approximate surface area is 262 Å². The molecule has 44 heavy (non-hydrogen) atoms. The third kappa shape index (κ3) is 6.71. The molecule has 0 spiro atoms. The van der Waals surface area contributed by atoms with Gasteiger partial charge in [-0.15, -0.1) is 0 Å². The zero-order valence-electron chi connectivity index (χ0n) is 25.0. The van der Waals surface area contributed by atoms with Crippen LogP contribution in [0.2, 0.25) is 5.02 Å². The first-order valence-corrected chi connectivity index (χ1v) is 16.7. The van der Waals surface area contributed by atoms with E-state index in [4.69, 9.17) is 16.3 Å². The lowest BCUT2D eigenvalue weighted by molar-refractivity contribution is -0.123. The monoisotopic (exact) mass is 639 g/mol. The second kappa shape index (κ2) is 14.0. The Bertz CT molecular complexity index is 1750. The number of ether oxygens (including phenoxy) is 1. The summed E-state index contributed by atoms with van der Waals surface area (Å²) in [6.07, 6.45) is 1.89. The van der Waals surface area contributed by atoms with E-state index in [0.717, 1.165) is 56.1 Å². The van der Waals surface area contributed by atoms with Crippen molar-refractivity contribution in [3.05, 3.63) is 93.9 Å². The molecule has 1 aliphatic heterocycles. The molecule has 234 valence electrons. The number of rotatable bonds is 12. The zero-order chi connectivity index (χ0) is 31.3. The van der Waals surface area contributed by atoms with Gasteiger partial charge in [0.05, 0.1) is 23.0 Å². The fraction of sp³-hybridized carbons (Fsp3) is 0.375. The van der Waals surface area contributed by atoms with Crippen molar-refractivity contribution in [3.8, 4) is 5.75 Å². The summed E-state index contributed by atoms with van der Waals surface area (Å²) in [6.45, 7) is 8.67. The molecule has 0 saturated carbocycles. The van der Waals surface area contributed by atoms with Crippen LogP contribution in [-0.2, 0) is 14.8 Å². The number of piperazine rings is 1. The molecule has 4 aromatic rings. The first-order chi connectivity index (χ1) is 21.2. The van der Waals surface area contributed by atoms with Crippen LogP contribution in [0.5, 0.6) is 5.75 Å². The maximum Gasteiger partial charge on any atom is 0.344 e. The quantitative estimate of drug-likeness (QED) is 0.235. The van der Waals surface area contributed by atoms with E-state index in [0.29, 0.717) is 22.9 Å². The largest absolute Gasteiger partial charge is 0.497 e. The van der Waals surface area contributed by atoms with E-state index in [1.54, 1.807) is 24.3 Å². The molecule has 1 saturated heterocycles. The third-order valence-electron chi connectivity index (χ3n) is 7.97. The predicted molar refractivity (Wildman–Crippen MR) is 172 cm³/mol. The molecule has 0 bridgehead atoms. The second-order valence-corrected chi connectivity index (χ2v) is 13.1. The van der Waals surface area contributed by atoms with E-state index in [1.165, 1.54) is 54.1 Å². The van der Waals surface area contributed by atoms with Crippen LogP contribution in [0.15, 0.2) is 82.5 Å². The van der Waals surface area contributed by atoms with Crippen molar-refractivity contribution >= 4 is 38.6 Å². The number of hydrogen-bond donors (Lipinski definition) is 1. The van der Waals surface area contributed by atoms with Crippen LogP contribution in [0.25, 0.3) is 11.0 Å². The number of aromatic nitrogens is 2. The minimum absolute atomic E-state index is 0.0920. The molecule has 1 amide bonds. The molecule has 1 unspecified atom stereocenters. The minimum atomic E-state index is -4.35. The van der Waals surface area contributed by atoms with Gasteiger partial charge in [-0.25, -0.2) is 13.2 Å². The number of benzene rings is 3. The number of carbonyl (C=O) groups excluding carboxylic acids is 1. The Balaban J connectivity index is 1.46. The third-order valence-corrected chi connectivity index (χ3v) is 9.91. The molecule has 0 aliphatic carbocycles. The second-order valence-electron chi connectivity index (χ2n) is 10.9. The molecule has 0 radical (unpaired) electrons. The van der Waals surface area contributed by atoms with Crippen molar-refractivity contribution in [2.24, 2.45) is 0 Å². The van der Waals surface area contributed by atoms with Crippen LogP contribution in [-0.4, -0.2) is 85.6 Å². The number of nitrogens with one attached hydrogen (secondary N) is 1. The lowest BCUT2D eigenvalue weighted by atomic mass is 10.1. The van der Waals surface area contributed by atoms with E-state index in [-0.39, 0.29) is 15.9 Å². The van der Waals surface area contributed by atoms with Crippen molar-refractivity contribution in [3.63, 3.8) is 0 Å². The summed E-state index contributed by atoms with van der Waals surface area (Å²) < 4.78 is 34.9. The summed E-state index contributed by atoms with van der Waals surface area (Å²) in [6, 6.07) is 18.0. The smallest absolute Gasteiger partial charge is 0.344 e. The van der Waals surface area contributed by atoms with Gasteiger partial charge in [0, 0.05) is 37.7 Å². The van der Waals surface area contributed by atoms with Crippen molar-refractivity contribution in [2.75, 3.05) is 52.9 Å². The number of hydrogen-bond acceptors (Lipinski definition) is 7. The summed E-state index contributed by atoms with van der Waals surface area (Å²) in [5, 5.41) is 3.31. The summed E-state index contributed by atoms with van der Waals surface area (Å²) in [7, 11) is -2.87. The molecule has 2 heterocycles. The Morgan fingerprint density at radius 1 is 0.932 bits per heavy atom. The lowest BCUT2D eigenvalue weighted by Gasteiger charge is -2.34. The van der Waals surface area contributed by atoms with Crippen LogP contribution in [0.4, 0.5) is 0 Å². The maximum absolute atomic E-state index is 14.2. The van der Waals surface area contributed by atoms with Gasteiger partial charge in [0.25, 0.3) is 10.0 Å². The van der Waals surface area contributed by atoms with Gasteiger partial charge >= 0.3 is 5.69 Å². The number of halogens is 1. The van der Waals surface area contributed by atoms with E-state index >= 15 is 0 Å². The predicted octanol–water partition coefficient (Wildman–Crippen LogP) is 3.83. The van der Waals surface area contributed by atoms with Gasteiger partial charge in [0.2, 0.25) is 5.91 Å². The normalized spacial score (nSPS) is 15.3. The van der Waals surface area contributed by atoms with Crippen LogP contribution in [0.1, 0.15) is 31.4 Å². The van der Waals surface area contributed by atoms with Gasteiger partial charge < -0.3 is 19.9 Å². The molecule has 3 aromatic carbocycles. The van der Waals surface area contributed by atoms with E-state index in [9.17, 15) is 18.0 Å². The van der Waals surface area contributed by atoms with Crippen molar-refractivity contribution in [1.29, 1.82) is 0 Å². The van der Waals surface area contributed by atoms with Gasteiger partial charge in [-0.3, -0.25) is 9.36 Å². The van der Waals surface area contributed by atoms with Gasteiger partial charge in [-0.2, -0.15) is 3.97 Å². The highest BCUT2D eigenvalue weighted by Gasteiger charge is 2.32. The molecule has 1 atom stereocenters. The summed E-state index contributed by atoms with van der Waals surface area (Å²) in [4.78, 5) is 32.8. The topological polar surface area (TPSA) is 106 Å². The van der Waals surface area contributed by atoms with E-state index in [2.05, 4.69) is 22.0 Å². The molecule has 1 aliphatic rings. The highest BCUT2D eigenvalue weighted by atomic mass is 35.5. The molecular weight excluding hydrogens is 602 g/mol. The van der Waals surface area contributed by atoms with E-state index < -0.39 is 27.7 Å². The van der Waals surface area contributed by atoms with Crippen molar-refractivity contribution in [1.82, 2.24) is 23.7 Å². The number of nitrogens with zero attached hydrogens (tertiary/aromatic N) is 4. The minimum Gasteiger partial charge on any atom is -0.497 e. The maximum atomic E-state index is 14.2. The van der Waals surface area contributed by atoms with Gasteiger partial charge in [0.1, 0.15) is 11.8 Å². The zero-order valence-corrected chi connectivity index (χ0v) is 26.6. The SMILES string of the molecule is CCCN1CCN(CCCNC(=O)C(c2ccccc2)n2c(=O)n(S(=O)(=O)c3ccc(OC)cc3)c3ccc(Cl)cc32)CC1. The van der Waals surface area contributed by atoms with E-state index in [1.807, 2.05) is 6.07 Å². The molecule has 1 fully saturated rings. The highest BCUT2D eigenvalue weighted by molar-refractivity contribution is 7.90. The molecule has 5 rings (SSSR count). The Morgan fingerprint density at radius 2 is 1.59 bits per heavy atom. The summed E-state index contributed by atoms with van der Waals surface area (Å²) >= 11 is 6.35. The Kier molecular flexibility index (Phi) is 10.1. The van der Waals surface area contributed by atoms with Crippen molar-refractivity contribution in [2.45, 2.75) is 30.7 Å². The Hall–Kier alpha value is -3.64. The van der Waals surface area contributed by atoms with Gasteiger partial charge in [-0.05, 0) is 74.0 Å². The van der Waals surface area contributed by atoms with Crippen LogP contribution >= 0.6 is 11.6 Å². The van der Waals surface area contributed by atoms with Crippen molar-refractivity contribution < 1.29 is 17.9 Å². The fourth-order valence-corrected chi connectivity index (χ4v) is 7.28. The van der Waals surface area contributed by atoms with Gasteiger partial charge in [-0.1, -0.05) is 48.9 Å². The number of amides is 1. The number of carbonyl (C=O) groups is 1. The molecule has 10 nitrogen and oxygen atoms in total. The molecule has 1 aromatic heterocycles. The summed E-state index contributed by atoms with van der Waals surface area (Å²) in [5.41, 5.74) is 0.0201. The van der Waals surface area contributed by atoms with Crippen LogP contribution < -0.4 is 15.7 Å². The first kappa shape index (κ1) is 31.8. The van der Waals surface area contributed by atoms with Gasteiger partial charge in [0.15, 0.2) is 0 Å². The summed E-state index contributed by atoms with van der Waals surface area (Å²) in [5.74, 6) is 0.0667. The number of imidazole rings is 1. The number of fused-ring (bicyclic) bond motifs is 1. The van der Waals surface area contributed by atoms with Crippen LogP contribution in [0, 0.1) is 0 Å². The highest BCUT2D eigenvalue weighted by Crippen LogP contribution is 2.28. The Morgan fingerprint density at radius 3 is 2.23 bits per heavy atom. The average Bonchev–Trinajstić information content (AvgIpc) is 3.32. The molecular formula is C32H38ClN5O5S. The standard InChI is InChI=1S/C32H38ClN5O5S/c1-3-17-35-19-21-36(22-20-35)18-7-16-34-31(39)30(24-8-5-4-6-9-24)37-29-23-25(33)10-15-28(29)38(32(37)40)44(41,42)27-13-11-26(43-2)12-14-27/h4-6,8-15,23,30H,3,7,16-22H2,1-2H3,(H,34,39). The van der Waals surface area contributed by atoms with Crippen LogP contribution in [0.3, 0.4) is 0 Å². The fourth-order valence-electron chi connectivity index (χ4n) is 5.72. The molecule has 1 N–H and O–H groups in total. The molecule has 12 heteroatoms. The number of methoxy groups -OCH3 is 1. The average molecular weight is 640 g/mol. The first-order valence-electron chi connectivity index (χ1n) is 14.8.